The number of nitrogens with zero attached hydrogens (tertiary/aromatic N) is 1. The summed E-state index contributed by atoms with van der Waals surface area (Å²) < 4.78 is 0. The van der Waals surface area contributed by atoms with Gasteiger partial charge in [0.25, 0.3) is 5.91 Å². The van der Waals surface area contributed by atoms with Crippen molar-refractivity contribution in [3.05, 3.63) is 59.4 Å². The first-order chi connectivity index (χ1) is 10.1. The van der Waals surface area contributed by atoms with Crippen molar-refractivity contribution in [2.75, 3.05) is 6.54 Å². The Kier molecular flexibility index (Phi) is 4.50. The van der Waals surface area contributed by atoms with E-state index in [1.807, 2.05) is 0 Å². The summed E-state index contributed by atoms with van der Waals surface area (Å²) in [5.74, 6) is -1.51. The minimum absolute atomic E-state index is 0.166. The van der Waals surface area contributed by atoms with Crippen LogP contribution in [0.15, 0.2) is 42.7 Å². The molecule has 108 valence electrons. The number of aromatic nitrogens is 1. The summed E-state index contributed by atoms with van der Waals surface area (Å²) in [4.78, 5) is 26.2. The summed E-state index contributed by atoms with van der Waals surface area (Å²) in [6.45, 7) is 0.382. The third-order valence-corrected chi connectivity index (χ3v) is 2.94. The van der Waals surface area contributed by atoms with Crippen molar-refractivity contribution in [1.82, 2.24) is 10.3 Å². The Morgan fingerprint density at radius 2 is 1.86 bits per heavy atom. The predicted octanol–water partition coefficient (Wildman–Crippen LogP) is 1.46. The van der Waals surface area contributed by atoms with Crippen LogP contribution in [0.1, 0.15) is 26.3 Å². The first-order valence-corrected chi connectivity index (χ1v) is 6.31. The maximum atomic E-state index is 11.8. The highest BCUT2D eigenvalue weighted by Gasteiger charge is 2.09. The lowest BCUT2D eigenvalue weighted by Gasteiger charge is -2.06. The van der Waals surface area contributed by atoms with Crippen LogP contribution in [0.2, 0.25) is 0 Å². The summed E-state index contributed by atoms with van der Waals surface area (Å²) in [5.41, 5.74) is 1.31. The van der Waals surface area contributed by atoms with Crippen LogP contribution in [0.25, 0.3) is 0 Å². The summed E-state index contributed by atoms with van der Waals surface area (Å²) in [6, 6.07) is 7.90. The molecule has 21 heavy (non-hydrogen) atoms. The van der Waals surface area contributed by atoms with Gasteiger partial charge in [0.15, 0.2) is 0 Å². The standard InChI is InChI=1S/C15H14N2O4/c18-13-9-16-7-6-12(13)14(19)17-8-5-10-1-3-11(4-2-10)15(20)21/h1-4,6-7,9,18H,5,8H2,(H,17,19)(H,20,21). The van der Waals surface area contributed by atoms with Gasteiger partial charge in [-0.15, -0.1) is 0 Å². The minimum Gasteiger partial charge on any atom is -0.505 e. The van der Waals surface area contributed by atoms with Gasteiger partial charge in [-0.05, 0) is 30.2 Å². The van der Waals surface area contributed by atoms with E-state index in [0.29, 0.717) is 13.0 Å². The third-order valence-electron chi connectivity index (χ3n) is 2.94. The number of rotatable bonds is 5. The molecular formula is C15H14N2O4. The molecule has 6 nitrogen and oxygen atoms in total. The predicted molar refractivity (Wildman–Crippen MR) is 75.3 cm³/mol. The number of amides is 1. The Morgan fingerprint density at radius 1 is 1.14 bits per heavy atom. The van der Waals surface area contributed by atoms with E-state index in [2.05, 4.69) is 10.3 Å². The van der Waals surface area contributed by atoms with E-state index in [0.717, 1.165) is 5.56 Å². The van der Waals surface area contributed by atoms with Crippen molar-refractivity contribution in [3.63, 3.8) is 0 Å². The van der Waals surface area contributed by atoms with E-state index in [4.69, 9.17) is 5.11 Å². The molecule has 0 aliphatic rings. The number of nitrogens with one attached hydrogen (secondary N) is 1. The monoisotopic (exact) mass is 286 g/mol. The molecule has 0 fully saturated rings. The molecule has 0 aliphatic carbocycles. The quantitative estimate of drug-likeness (QED) is 0.772. The minimum atomic E-state index is -0.969. The molecule has 1 aromatic carbocycles. The summed E-state index contributed by atoms with van der Waals surface area (Å²) in [6.07, 6.45) is 3.20. The van der Waals surface area contributed by atoms with Gasteiger partial charge in [-0.25, -0.2) is 4.79 Å². The third kappa shape index (κ3) is 3.79. The van der Waals surface area contributed by atoms with Crippen molar-refractivity contribution < 1.29 is 19.8 Å². The zero-order chi connectivity index (χ0) is 15.2. The molecule has 0 saturated heterocycles. The van der Waals surface area contributed by atoms with Gasteiger partial charge in [0.1, 0.15) is 5.75 Å². The van der Waals surface area contributed by atoms with Crippen LogP contribution in [0, 0.1) is 0 Å². The molecule has 0 spiro atoms. The fourth-order valence-corrected chi connectivity index (χ4v) is 1.81. The Bertz CT molecular complexity index is 653. The molecule has 1 heterocycles. The number of hydrogen-bond acceptors (Lipinski definition) is 4. The van der Waals surface area contributed by atoms with Gasteiger partial charge in [-0.1, -0.05) is 12.1 Å². The van der Waals surface area contributed by atoms with Gasteiger partial charge < -0.3 is 15.5 Å². The molecule has 0 saturated carbocycles. The van der Waals surface area contributed by atoms with Gasteiger partial charge in [0.05, 0.1) is 17.3 Å². The van der Waals surface area contributed by atoms with Crippen molar-refractivity contribution >= 4 is 11.9 Å². The largest absolute Gasteiger partial charge is 0.505 e. The zero-order valence-electron chi connectivity index (χ0n) is 11.1. The fraction of sp³-hybridized carbons (Fsp3) is 0.133. The molecule has 0 aliphatic heterocycles. The topological polar surface area (TPSA) is 99.5 Å². The molecule has 2 aromatic rings. The van der Waals surface area contributed by atoms with Gasteiger partial charge in [-0.2, -0.15) is 0 Å². The van der Waals surface area contributed by atoms with E-state index in [1.165, 1.54) is 30.6 Å². The van der Waals surface area contributed by atoms with E-state index >= 15 is 0 Å². The fourth-order valence-electron chi connectivity index (χ4n) is 1.81. The number of aromatic carboxylic acids is 1. The number of carboxylic acids is 1. The second-order valence-corrected chi connectivity index (χ2v) is 4.40. The van der Waals surface area contributed by atoms with Gasteiger partial charge in [0.2, 0.25) is 0 Å². The highest BCUT2D eigenvalue weighted by Crippen LogP contribution is 2.13. The molecule has 1 aromatic heterocycles. The summed E-state index contributed by atoms with van der Waals surface area (Å²) >= 11 is 0. The average Bonchev–Trinajstić information content (AvgIpc) is 2.48. The first-order valence-electron chi connectivity index (χ1n) is 6.31. The second-order valence-electron chi connectivity index (χ2n) is 4.40. The van der Waals surface area contributed by atoms with Gasteiger partial charge in [0, 0.05) is 12.7 Å². The summed E-state index contributed by atoms with van der Waals surface area (Å²) in [5, 5.41) is 21.0. The Morgan fingerprint density at radius 3 is 2.48 bits per heavy atom. The first kappa shape index (κ1) is 14.5. The molecule has 0 unspecified atom stereocenters. The number of carbonyl (C=O) groups excluding carboxylic acids is 1. The van der Waals surface area contributed by atoms with Crippen molar-refractivity contribution in [2.45, 2.75) is 6.42 Å². The zero-order valence-corrected chi connectivity index (χ0v) is 11.1. The SMILES string of the molecule is O=C(O)c1ccc(CCNC(=O)c2ccncc2O)cc1. The number of benzene rings is 1. The van der Waals surface area contributed by atoms with E-state index in [1.54, 1.807) is 12.1 Å². The van der Waals surface area contributed by atoms with Crippen molar-refractivity contribution in [3.8, 4) is 5.75 Å². The van der Waals surface area contributed by atoms with Gasteiger partial charge in [-0.3, -0.25) is 9.78 Å². The normalized spacial score (nSPS) is 10.1. The molecule has 1 amide bonds. The van der Waals surface area contributed by atoms with Gasteiger partial charge >= 0.3 is 5.97 Å². The van der Waals surface area contributed by atoms with Crippen LogP contribution in [0.3, 0.4) is 0 Å². The lowest BCUT2D eigenvalue weighted by atomic mass is 10.1. The highest BCUT2D eigenvalue weighted by molar-refractivity contribution is 5.96. The summed E-state index contributed by atoms with van der Waals surface area (Å²) in [7, 11) is 0. The van der Waals surface area contributed by atoms with E-state index < -0.39 is 5.97 Å². The molecular weight excluding hydrogens is 272 g/mol. The Hall–Kier alpha value is -2.89. The van der Waals surface area contributed by atoms with E-state index in [-0.39, 0.29) is 22.8 Å². The number of carbonyl (C=O) groups is 2. The molecule has 3 N–H and O–H groups in total. The van der Waals surface area contributed by atoms with Crippen LogP contribution in [-0.4, -0.2) is 33.6 Å². The molecule has 6 heteroatoms. The van der Waals surface area contributed by atoms with Crippen LogP contribution in [0.4, 0.5) is 0 Å². The maximum absolute atomic E-state index is 11.8. The van der Waals surface area contributed by atoms with Crippen LogP contribution < -0.4 is 5.32 Å². The number of pyridine rings is 1. The molecule has 0 bridgehead atoms. The maximum Gasteiger partial charge on any atom is 0.335 e. The number of aromatic hydroxyl groups is 1. The number of hydrogen-bond donors (Lipinski definition) is 3. The molecule has 2 rings (SSSR count). The second kappa shape index (κ2) is 6.51. The lowest BCUT2D eigenvalue weighted by molar-refractivity contribution is 0.0696. The van der Waals surface area contributed by atoms with Crippen LogP contribution in [-0.2, 0) is 6.42 Å². The Balaban J connectivity index is 1.88. The average molecular weight is 286 g/mol. The smallest absolute Gasteiger partial charge is 0.335 e. The van der Waals surface area contributed by atoms with Crippen LogP contribution >= 0.6 is 0 Å². The van der Waals surface area contributed by atoms with Crippen LogP contribution in [0.5, 0.6) is 5.75 Å². The highest BCUT2D eigenvalue weighted by atomic mass is 16.4. The molecule has 0 atom stereocenters. The van der Waals surface area contributed by atoms with E-state index in [9.17, 15) is 14.7 Å². The Labute approximate surface area is 121 Å². The lowest BCUT2D eigenvalue weighted by Crippen LogP contribution is -2.25. The number of carboxylic acid groups (broad SMARTS) is 1. The van der Waals surface area contributed by atoms with Crippen molar-refractivity contribution in [2.24, 2.45) is 0 Å². The van der Waals surface area contributed by atoms with Crippen molar-refractivity contribution in [1.29, 1.82) is 0 Å². The molecule has 0 radical (unpaired) electrons.